The topological polar surface area (TPSA) is 12.0 Å². The van der Waals surface area contributed by atoms with E-state index in [0.717, 1.165) is 23.1 Å². The summed E-state index contributed by atoms with van der Waals surface area (Å²) in [5.41, 5.74) is 2.10. The van der Waals surface area contributed by atoms with Crippen LogP contribution in [0.5, 0.6) is 0 Å². The molecule has 1 aromatic carbocycles. The lowest BCUT2D eigenvalue weighted by atomic mass is 9.89. The van der Waals surface area contributed by atoms with Crippen LogP contribution in [0, 0.1) is 24.6 Å². The van der Waals surface area contributed by atoms with E-state index in [0.29, 0.717) is 6.04 Å². The zero-order chi connectivity index (χ0) is 13.8. The van der Waals surface area contributed by atoms with Gasteiger partial charge in [0, 0.05) is 11.7 Å². The Morgan fingerprint density at radius 1 is 1.16 bits per heavy atom. The van der Waals surface area contributed by atoms with Gasteiger partial charge >= 0.3 is 0 Å². The molecule has 0 saturated heterocycles. The van der Waals surface area contributed by atoms with E-state index >= 15 is 0 Å². The van der Waals surface area contributed by atoms with Gasteiger partial charge in [-0.1, -0.05) is 26.7 Å². The molecule has 0 bridgehead atoms. The molecule has 1 aliphatic carbocycles. The molecule has 0 aromatic heterocycles. The minimum atomic E-state index is -0.149. The Hall–Kier alpha value is -1.05. The zero-order valence-electron chi connectivity index (χ0n) is 12.4. The Labute approximate surface area is 116 Å². The maximum atomic E-state index is 13.1. The van der Waals surface area contributed by atoms with Crippen molar-refractivity contribution < 1.29 is 4.39 Å². The van der Waals surface area contributed by atoms with Crippen molar-refractivity contribution in [2.45, 2.75) is 58.9 Å². The monoisotopic (exact) mass is 263 g/mol. The summed E-state index contributed by atoms with van der Waals surface area (Å²) in [6.45, 7) is 6.64. The van der Waals surface area contributed by atoms with Crippen LogP contribution in [0.2, 0.25) is 0 Å². The highest BCUT2D eigenvalue weighted by molar-refractivity contribution is 5.51. The molecule has 1 saturated carbocycles. The van der Waals surface area contributed by atoms with E-state index in [1.807, 2.05) is 13.0 Å². The number of halogens is 1. The summed E-state index contributed by atoms with van der Waals surface area (Å²) >= 11 is 0. The summed E-state index contributed by atoms with van der Waals surface area (Å²) in [4.78, 5) is 0. The van der Waals surface area contributed by atoms with Gasteiger partial charge < -0.3 is 5.32 Å². The van der Waals surface area contributed by atoms with Crippen molar-refractivity contribution in [3.63, 3.8) is 0 Å². The van der Waals surface area contributed by atoms with Crippen LogP contribution < -0.4 is 5.32 Å². The van der Waals surface area contributed by atoms with Gasteiger partial charge in [-0.3, -0.25) is 0 Å². The van der Waals surface area contributed by atoms with Gasteiger partial charge in [0.25, 0.3) is 0 Å². The number of hydrogen-bond acceptors (Lipinski definition) is 1. The van der Waals surface area contributed by atoms with Crippen molar-refractivity contribution in [2.24, 2.45) is 11.8 Å². The van der Waals surface area contributed by atoms with Gasteiger partial charge in [0.2, 0.25) is 0 Å². The van der Waals surface area contributed by atoms with E-state index in [4.69, 9.17) is 0 Å². The van der Waals surface area contributed by atoms with Crippen molar-refractivity contribution in [2.75, 3.05) is 5.32 Å². The van der Waals surface area contributed by atoms with Crippen LogP contribution in [-0.4, -0.2) is 6.04 Å². The Bertz CT molecular complexity index is 414. The number of anilines is 1. The van der Waals surface area contributed by atoms with Gasteiger partial charge in [-0.25, -0.2) is 4.39 Å². The van der Waals surface area contributed by atoms with E-state index in [2.05, 4.69) is 19.2 Å². The lowest BCUT2D eigenvalue weighted by molar-refractivity contribution is 0.341. The molecule has 0 aliphatic heterocycles. The smallest absolute Gasteiger partial charge is 0.123 e. The predicted octanol–water partition coefficient (Wildman–Crippen LogP) is 5.15. The Balaban J connectivity index is 1.96. The van der Waals surface area contributed by atoms with Crippen LogP contribution in [-0.2, 0) is 0 Å². The molecule has 1 aromatic rings. The van der Waals surface area contributed by atoms with Gasteiger partial charge in [0.15, 0.2) is 0 Å². The van der Waals surface area contributed by atoms with Crippen molar-refractivity contribution in [3.05, 3.63) is 29.6 Å². The molecule has 1 fully saturated rings. The average molecular weight is 263 g/mol. The Morgan fingerprint density at radius 2 is 1.95 bits per heavy atom. The molecule has 106 valence electrons. The molecule has 1 N–H and O–H groups in total. The number of nitrogens with one attached hydrogen (secondary N) is 1. The molecular formula is C17H26FN. The van der Waals surface area contributed by atoms with Crippen LogP contribution in [0.3, 0.4) is 0 Å². The van der Waals surface area contributed by atoms with Crippen molar-refractivity contribution in [1.29, 1.82) is 0 Å². The molecule has 2 rings (SSSR count). The lowest BCUT2D eigenvalue weighted by Crippen LogP contribution is -2.19. The highest BCUT2D eigenvalue weighted by atomic mass is 19.1. The Morgan fingerprint density at radius 3 is 2.63 bits per heavy atom. The van der Waals surface area contributed by atoms with Crippen LogP contribution >= 0.6 is 0 Å². The van der Waals surface area contributed by atoms with Gasteiger partial charge in [0.1, 0.15) is 5.82 Å². The molecule has 0 amide bonds. The molecule has 1 nitrogen and oxygen atoms in total. The van der Waals surface area contributed by atoms with Gasteiger partial charge in [-0.2, -0.15) is 0 Å². The van der Waals surface area contributed by atoms with E-state index in [-0.39, 0.29) is 5.82 Å². The number of rotatable bonds is 3. The summed E-state index contributed by atoms with van der Waals surface area (Å²) in [5, 5.41) is 3.61. The molecular weight excluding hydrogens is 237 g/mol. The first-order valence-electron chi connectivity index (χ1n) is 7.59. The second kappa shape index (κ2) is 6.40. The summed E-state index contributed by atoms with van der Waals surface area (Å²) < 4.78 is 13.1. The number of aryl methyl sites for hydroxylation is 1. The highest BCUT2D eigenvalue weighted by Crippen LogP contribution is 2.30. The maximum Gasteiger partial charge on any atom is 0.123 e. The molecule has 0 heterocycles. The summed E-state index contributed by atoms with van der Waals surface area (Å²) in [6, 6.07) is 5.57. The largest absolute Gasteiger partial charge is 0.382 e. The molecule has 2 unspecified atom stereocenters. The molecule has 0 radical (unpaired) electrons. The third-order valence-electron chi connectivity index (χ3n) is 4.50. The quantitative estimate of drug-likeness (QED) is 0.743. The minimum absolute atomic E-state index is 0.149. The standard InChI is InChI=1S/C17H26FN/c1-12(2)14-5-4-6-16(9-7-14)19-17-10-8-15(18)11-13(17)3/h8,10-12,14,16,19H,4-7,9H2,1-3H3. The molecule has 19 heavy (non-hydrogen) atoms. The van der Waals surface area contributed by atoms with Crippen LogP contribution in [0.25, 0.3) is 0 Å². The van der Waals surface area contributed by atoms with E-state index < -0.39 is 0 Å². The fourth-order valence-electron chi connectivity index (χ4n) is 3.15. The highest BCUT2D eigenvalue weighted by Gasteiger charge is 2.21. The molecule has 2 heteroatoms. The number of hydrogen-bond donors (Lipinski definition) is 1. The van der Waals surface area contributed by atoms with Gasteiger partial charge in [-0.15, -0.1) is 0 Å². The summed E-state index contributed by atoms with van der Waals surface area (Å²) in [5.74, 6) is 1.52. The third kappa shape index (κ3) is 3.95. The molecule has 1 aliphatic rings. The normalized spacial score (nSPS) is 24.3. The second-order valence-corrected chi connectivity index (χ2v) is 6.31. The Kier molecular flexibility index (Phi) is 4.84. The first kappa shape index (κ1) is 14.4. The minimum Gasteiger partial charge on any atom is -0.382 e. The van der Waals surface area contributed by atoms with Crippen LogP contribution in [0.4, 0.5) is 10.1 Å². The fourth-order valence-corrected chi connectivity index (χ4v) is 3.15. The maximum absolute atomic E-state index is 13.1. The summed E-state index contributed by atoms with van der Waals surface area (Å²) in [6.07, 6.45) is 6.45. The van der Waals surface area contributed by atoms with E-state index in [1.54, 1.807) is 12.1 Å². The van der Waals surface area contributed by atoms with Crippen LogP contribution in [0.15, 0.2) is 18.2 Å². The van der Waals surface area contributed by atoms with Crippen molar-refractivity contribution >= 4 is 5.69 Å². The van der Waals surface area contributed by atoms with Gasteiger partial charge in [0.05, 0.1) is 0 Å². The van der Waals surface area contributed by atoms with E-state index in [9.17, 15) is 4.39 Å². The first-order valence-corrected chi connectivity index (χ1v) is 7.59. The summed E-state index contributed by atoms with van der Waals surface area (Å²) in [7, 11) is 0. The third-order valence-corrected chi connectivity index (χ3v) is 4.50. The van der Waals surface area contributed by atoms with E-state index in [1.165, 1.54) is 32.1 Å². The first-order chi connectivity index (χ1) is 9.06. The van der Waals surface area contributed by atoms with Crippen LogP contribution in [0.1, 0.15) is 51.5 Å². The molecule has 2 atom stereocenters. The molecule has 0 spiro atoms. The van der Waals surface area contributed by atoms with Crippen molar-refractivity contribution in [1.82, 2.24) is 0 Å². The predicted molar refractivity (Wildman–Crippen MR) is 80.0 cm³/mol. The fraction of sp³-hybridized carbons (Fsp3) is 0.647. The lowest BCUT2D eigenvalue weighted by Gasteiger charge is -2.20. The SMILES string of the molecule is Cc1cc(F)ccc1NC1CCCC(C(C)C)CC1. The number of benzene rings is 1. The second-order valence-electron chi connectivity index (χ2n) is 6.31. The zero-order valence-corrected chi connectivity index (χ0v) is 12.4. The average Bonchev–Trinajstić information content (AvgIpc) is 2.58. The van der Waals surface area contributed by atoms with Crippen molar-refractivity contribution in [3.8, 4) is 0 Å². The van der Waals surface area contributed by atoms with Gasteiger partial charge in [-0.05, 0) is 61.8 Å².